The van der Waals surface area contributed by atoms with Crippen LogP contribution in [-0.4, -0.2) is 10.1 Å². The summed E-state index contributed by atoms with van der Waals surface area (Å²) < 4.78 is 11.5. The van der Waals surface area contributed by atoms with Gasteiger partial charge in [0.05, 0.1) is 12.3 Å². The van der Waals surface area contributed by atoms with Gasteiger partial charge in [-0.25, -0.2) is 4.79 Å². The number of hydrogen-bond acceptors (Lipinski definition) is 5. The topological polar surface area (TPSA) is 76.5 Å². The van der Waals surface area contributed by atoms with Crippen LogP contribution in [0.3, 0.4) is 0 Å². The highest BCUT2D eigenvalue weighted by Crippen LogP contribution is 2.36. The molecule has 1 aliphatic rings. The van der Waals surface area contributed by atoms with Gasteiger partial charge in [-0.15, -0.1) is 0 Å². The normalized spacial score (nSPS) is 13.6. The van der Waals surface area contributed by atoms with Gasteiger partial charge in [0.25, 0.3) is 0 Å². The van der Waals surface area contributed by atoms with Crippen molar-refractivity contribution in [2.75, 3.05) is 0 Å². The van der Waals surface area contributed by atoms with Crippen molar-refractivity contribution in [2.24, 2.45) is 0 Å². The van der Waals surface area contributed by atoms with E-state index < -0.39 is 5.63 Å². The molecule has 1 aliphatic carbocycles. The van der Waals surface area contributed by atoms with Gasteiger partial charge in [0.1, 0.15) is 11.3 Å². The molecule has 5 rings (SSSR count). The van der Waals surface area contributed by atoms with Crippen molar-refractivity contribution in [3.8, 4) is 11.3 Å². The van der Waals surface area contributed by atoms with Crippen LogP contribution < -0.4 is 5.63 Å². The Labute approximate surface area is 148 Å². The number of pyridine rings is 1. The number of nitrogens with zero attached hydrogens (tertiary/aromatic N) is 1. The quantitative estimate of drug-likeness (QED) is 0.557. The van der Waals surface area contributed by atoms with E-state index in [0.717, 1.165) is 35.7 Å². The van der Waals surface area contributed by atoms with Crippen LogP contribution in [0.15, 0.2) is 44.1 Å². The van der Waals surface area contributed by atoms with E-state index in [1.807, 2.05) is 19.1 Å². The van der Waals surface area contributed by atoms with Crippen molar-refractivity contribution in [3.05, 3.63) is 63.3 Å². The highest BCUT2D eigenvalue weighted by Gasteiger charge is 2.19. The molecule has 0 radical (unpaired) electrons. The summed E-state index contributed by atoms with van der Waals surface area (Å²) in [7, 11) is 0. The molecule has 0 saturated heterocycles. The van der Waals surface area contributed by atoms with E-state index in [0.29, 0.717) is 28.1 Å². The summed E-state index contributed by atoms with van der Waals surface area (Å²) >= 11 is 0. The predicted molar refractivity (Wildman–Crippen MR) is 98.2 cm³/mol. The molecule has 0 atom stereocenters. The van der Waals surface area contributed by atoms with Crippen LogP contribution in [-0.2, 0) is 19.4 Å². The number of aliphatic hydroxyl groups is 1. The van der Waals surface area contributed by atoms with Crippen molar-refractivity contribution in [2.45, 2.75) is 32.8 Å². The molecule has 4 aromatic rings. The van der Waals surface area contributed by atoms with Crippen LogP contribution in [0.4, 0.5) is 0 Å². The van der Waals surface area contributed by atoms with Crippen molar-refractivity contribution >= 4 is 21.9 Å². The Hall–Kier alpha value is -2.92. The van der Waals surface area contributed by atoms with E-state index in [4.69, 9.17) is 8.83 Å². The number of rotatable bonds is 2. The Balaban J connectivity index is 1.83. The number of hydrogen-bond donors (Lipinski definition) is 1. The summed E-state index contributed by atoms with van der Waals surface area (Å²) in [5.74, 6) is 0.585. The lowest BCUT2D eigenvalue weighted by molar-refractivity contribution is 0.283. The van der Waals surface area contributed by atoms with Gasteiger partial charge in [0.15, 0.2) is 5.58 Å². The van der Waals surface area contributed by atoms with E-state index in [-0.39, 0.29) is 6.61 Å². The molecule has 130 valence electrons. The number of benzene rings is 1. The minimum Gasteiger partial charge on any atom is -0.454 e. The molecule has 3 heterocycles. The molecule has 0 spiro atoms. The highest BCUT2D eigenvalue weighted by molar-refractivity contribution is 5.96. The number of aryl methyl sites for hydroxylation is 3. The van der Waals surface area contributed by atoms with Crippen molar-refractivity contribution in [1.82, 2.24) is 4.98 Å². The van der Waals surface area contributed by atoms with Crippen LogP contribution in [0.5, 0.6) is 0 Å². The van der Waals surface area contributed by atoms with Crippen LogP contribution in [0.1, 0.15) is 28.8 Å². The molecule has 5 heteroatoms. The first-order valence-electron chi connectivity index (χ1n) is 8.73. The maximum Gasteiger partial charge on any atom is 0.336 e. The lowest BCUT2D eigenvalue weighted by atomic mass is 10.0. The molecule has 3 aromatic heterocycles. The first-order valence-corrected chi connectivity index (χ1v) is 8.73. The highest BCUT2D eigenvalue weighted by atomic mass is 16.4. The largest absolute Gasteiger partial charge is 0.454 e. The zero-order valence-corrected chi connectivity index (χ0v) is 14.3. The van der Waals surface area contributed by atoms with E-state index in [9.17, 15) is 9.90 Å². The molecule has 0 saturated carbocycles. The molecule has 0 bridgehead atoms. The minimum absolute atomic E-state index is 0.117. The summed E-state index contributed by atoms with van der Waals surface area (Å²) in [6.07, 6.45) is 4.85. The van der Waals surface area contributed by atoms with Gasteiger partial charge >= 0.3 is 5.63 Å². The molecule has 1 N–H and O–H groups in total. The third-order valence-corrected chi connectivity index (χ3v) is 5.21. The molecule has 26 heavy (non-hydrogen) atoms. The summed E-state index contributed by atoms with van der Waals surface area (Å²) in [6.45, 7) is 1.75. The minimum atomic E-state index is -0.400. The summed E-state index contributed by atoms with van der Waals surface area (Å²) in [5, 5.41) is 11.3. The number of aromatic nitrogens is 1. The van der Waals surface area contributed by atoms with Gasteiger partial charge in [0, 0.05) is 34.2 Å². The van der Waals surface area contributed by atoms with E-state index >= 15 is 0 Å². The second-order valence-corrected chi connectivity index (χ2v) is 6.83. The average Bonchev–Trinajstić information content (AvgIpc) is 3.26. The Morgan fingerprint density at radius 2 is 1.88 bits per heavy atom. The molecule has 0 unspecified atom stereocenters. The lowest BCUT2D eigenvalue weighted by Crippen LogP contribution is -1.98. The molecule has 0 fully saturated rings. The monoisotopic (exact) mass is 347 g/mol. The fraction of sp³-hybridized carbons (Fsp3) is 0.238. The molecule has 5 nitrogen and oxygen atoms in total. The fourth-order valence-corrected chi connectivity index (χ4v) is 3.89. The van der Waals surface area contributed by atoms with E-state index in [1.54, 1.807) is 6.20 Å². The summed E-state index contributed by atoms with van der Waals surface area (Å²) in [4.78, 5) is 16.4. The number of fused-ring (bicyclic) bond motifs is 3. The van der Waals surface area contributed by atoms with Gasteiger partial charge in [-0.3, -0.25) is 4.98 Å². The molecule has 0 aliphatic heterocycles. The molecule has 0 amide bonds. The van der Waals surface area contributed by atoms with Crippen molar-refractivity contribution in [1.29, 1.82) is 0 Å². The average molecular weight is 347 g/mol. The zero-order chi connectivity index (χ0) is 17.8. The van der Waals surface area contributed by atoms with Gasteiger partial charge in [-0.1, -0.05) is 0 Å². The molecule has 1 aromatic carbocycles. The zero-order valence-electron chi connectivity index (χ0n) is 14.3. The summed E-state index contributed by atoms with van der Waals surface area (Å²) in [6, 6.07) is 7.44. The third kappa shape index (κ3) is 2.21. The smallest absolute Gasteiger partial charge is 0.336 e. The van der Waals surface area contributed by atoms with Crippen LogP contribution in [0, 0.1) is 6.92 Å². The van der Waals surface area contributed by atoms with E-state index in [2.05, 4.69) is 11.1 Å². The Bertz CT molecular complexity index is 1230. The number of aliphatic hydroxyl groups excluding tert-OH is 1. The Morgan fingerprint density at radius 3 is 2.69 bits per heavy atom. The van der Waals surface area contributed by atoms with Gasteiger partial charge in [-0.05, 0) is 55.5 Å². The maximum atomic E-state index is 12.1. The summed E-state index contributed by atoms with van der Waals surface area (Å²) in [5.41, 5.74) is 5.54. The van der Waals surface area contributed by atoms with Gasteiger partial charge in [-0.2, -0.15) is 0 Å². The first-order chi connectivity index (χ1) is 12.6. The fourth-order valence-electron chi connectivity index (χ4n) is 3.89. The molecular formula is C21H17NO4. The van der Waals surface area contributed by atoms with Gasteiger partial charge < -0.3 is 13.9 Å². The maximum absolute atomic E-state index is 12.1. The first kappa shape index (κ1) is 15.3. The Kier molecular flexibility index (Phi) is 3.27. The predicted octanol–water partition coefficient (Wildman–Crippen LogP) is 3.89. The second-order valence-electron chi connectivity index (χ2n) is 6.83. The third-order valence-electron chi connectivity index (χ3n) is 5.21. The second kappa shape index (κ2) is 5.54. The molecular weight excluding hydrogens is 330 g/mol. The Morgan fingerprint density at radius 1 is 1.08 bits per heavy atom. The van der Waals surface area contributed by atoms with Crippen LogP contribution >= 0.6 is 0 Å². The van der Waals surface area contributed by atoms with Gasteiger partial charge in [0.2, 0.25) is 0 Å². The lowest BCUT2D eigenvalue weighted by Gasteiger charge is -2.06. The SMILES string of the molecule is Cc1ncc(CO)c2cc(-c3cc(=O)oc4cc5c(cc34)CCC5)oc12. The van der Waals surface area contributed by atoms with Crippen LogP contribution in [0.25, 0.3) is 33.3 Å². The van der Waals surface area contributed by atoms with E-state index in [1.165, 1.54) is 17.2 Å². The van der Waals surface area contributed by atoms with Crippen LogP contribution in [0.2, 0.25) is 0 Å². The standard InChI is InChI=1S/C21H17NO4/c1-11-21-15(14(10-23)9-22-11)7-19(26-21)17-8-20(24)25-18-6-13-4-2-3-12(13)5-16(17)18/h5-9,23H,2-4,10H2,1H3. The number of furan rings is 1. The van der Waals surface area contributed by atoms with Crippen molar-refractivity contribution in [3.63, 3.8) is 0 Å². The van der Waals surface area contributed by atoms with Crippen molar-refractivity contribution < 1.29 is 13.9 Å².